The summed E-state index contributed by atoms with van der Waals surface area (Å²) in [6, 6.07) is 8.30. The molecule has 5 nitrogen and oxygen atoms in total. The van der Waals surface area contributed by atoms with Crippen LogP contribution in [0, 0.1) is 13.8 Å². The smallest absolute Gasteiger partial charge is 0.230 e. The maximum Gasteiger partial charge on any atom is 0.230 e. The fourth-order valence-corrected chi connectivity index (χ4v) is 4.80. The third-order valence-corrected chi connectivity index (χ3v) is 6.78. The largest absolute Gasteiger partial charge is 0.350 e. The minimum Gasteiger partial charge on any atom is -0.350 e. The van der Waals surface area contributed by atoms with E-state index in [1.54, 1.807) is 11.3 Å². The molecular weight excluding hydrogens is 356 g/mol. The molecule has 1 saturated heterocycles. The number of para-hydroxylation sites is 1. The van der Waals surface area contributed by atoms with Crippen molar-refractivity contribution in [3.8, 4) is 0 Å². The Morgan fingerprint density at radius 1 is 1.15 bits per heavy atom. The van der Waals surface area contributed by atoms with Crippen molar-refractivity contribution >= 4 is 33.3 Å². The number of piperazine rings is 1. The molecule has 1 aliphatic rings. The van der Waals surface area contributed by atoms with Crippen molar-refractivity contribution in [1.82, 2.24) is 14.5 Å². The molecule has 4 rings (SSSR count). The van der Waals surface area contributed by atoms with E-state index in [1.165, 1.54) is 15.8 Å². The Bertz CT molecular complexity index is 962. The van der Waals surface area contributed by atoms with Gasteiger partial charge in [0.2, 0.25) is 5.91 Å². The summed E-state index contributed by atoms with van der Waals surface area (Å²) in [6.45, 7) is 9.41. The Kier molecular flexibility index (Phi) is 4.68. The van der Waals surface area contributed by atoms with Crippen LogP contribution in [0.3, 0.4) is 0 Å². The van der Waals surface area contributed by atoms with Crippen LogP contribution in [0.15, 0.2) is 30.5 Å². The van der Waals surface area contributed by atoms with Gasteiger partial charge in [0, 0.05) is 55.2 Å². The van der Waals surface area contributed by atoms with Gasteiger partial charge in [-0.25, -0.2) is 4.98 Å². The first-order valence-corrected chi connectivity index (χ1v) is 10.3. The number of anilines is 1. The van der Waals surface area contributed by atoms with E-state index in [2.05, 4.69) is 46.6 Å². The molecule has 0 spiro atoms. The fraction of sp³-hybridized carbons (Fsp3) is 0.429. The van der Waals surface area contributed by atoms with E-state index < -0.39 is 0 Å². The number of hydrogen-bond donors (Lipinski definition) is 0. The SMILES string of the molecule is Cc1nc(N2CCN(C(=O)C(C)c3cn(C)c4ccccc34)CC2)sc1C. The van der Waals surface area contributed by atoms with E-state index in [0.29, 0.717) is 0 Å². The molecule has 2 aromatic heterocycles. The van der Waals surface area contributed by atoms with Crippen molar-refractivity contribution in [3.63, 3.8) is 0 Å². The lowest BCUT2D eigenvalue weighted by atomic mass is 9.98. The zero-order valence-electron chi connectivity index (χ0n) is 16.4. The monoisotopic (exact) mass is 382 g/mol. The molecule has 0 bridgehead atoms. The lowest BCUT2D eigenvalue weighted by Gasteiger charge is -2.35. The Labute approximate surface area is 164 Å². The van der Waals surface area contributed by atoms with Crippen LogP contribution in [0.1, 0.15) is 29.0 Å². The predicted molar refractivity (Wildman–Crippen MR) is 112 cm³/mol. The Hall–Kier alpha value is -2.34. The predicted octanol–water partition coefficient (Wildman–Crippen LogP) is 3.70. The third kappa shape index (κ3) is 3.23. The van der Waals surface area contributed by atoms with Crippen LogP contribution in [-0.2, 0) is 11.8 Å². The molecule has 27 heavy (non-hydrogen) atoms. The first-order valence-electron chi connectivity index (χ1n) is 9.47. The van der Waals surface area contributed by atoms with Crippen molar-refractivity contribution in [2.24, 2.45) is 7.05 Å². The highest BCUT2D eigenvalue weighted by molar-refractivity contribution is 7.15. The van der Waals surface area contributed by atoms with Crippen LogP contribution < -0.4 is 4.90 Å². The Morgan fingerprint density at radius 2 is 1.85 bits per heavy atom. The molecule has 1 aromatic carbocycles. The molecule has 0 N–H and O–H groups in total. The van der Waals surface area contributed by atoms with E-state index in [0.717, 1.165) is 42.6 Å². The second kappa shape index (κ2) is 7.00. The minimum absolute atomic E-state index is 0.132. The number of aryl methyl sites for hydroxylation is 3. The van der Waals surface area contributed by atoms with Gasteiger partial charge in [-0.15, -0.1) is 11.3 Å². The summed E-state index contributed by atoms with van der Waals surface area (Å²) in [5.41, 5.74) is 3.40. The van der Waals surface area contributed by atoms with Crippen LogP contribution >= 0.6 is 11.3 Å². The number of nitrogens with zero attached hydrogens (tertiary/aromatic N) is 4. The highest BCUT2D eigenvalue weighted by Gasteiger charge is 2.28. The Morgan fingerprint density at radius 3 is 2.52 bits per heavy atom. The molecule has 1 unspecified atom stereocenters. The number of benzene rings is 1. The first kappa shape index (κ1) is 18.0. The normalized spacial score (nSPS) is 16.1. The highest BCUT2D eigenvalue weighted by Crippen LogP contribution is 2.30. The van der Waals surface area contributed by atoms with E-state index in [-0.39, 0.29) is 11.8 Å². The van der Waals surface area contributed by atoms with Crippen LogP contribution in [0.2, 0.25) is 0 Å². The van der Waals surface area contributed by atoms with Crippen molar-refractivity contribution in [2.45, 2.75) is 26.7 Å². The molecule has 0 radical (unpaired) electrons. The molecule has 0 aliphatic carbocycles. The van der Waals surface area contributed by atoms with Gasteiger partial charge >= 0.3 is 0 Å². The molecule has 0 saturated carbocycles. The van der Waals surface area contributed by atoms with Gasteiger partial charge in [0.1, 0.15) is 0 Å². The number of carbonyl (C=O) groups is 1. The summed E-state index contributed by atoms with van der Waals surface area (Å²) < 4.78 is 2.11. The zero-order chi connectivity index (χ0) is 19.1. The highest BCUT2D eigenvalue weighted by atomic mass is 32.1. The maximum atomic E-state index is 13.1. The second-order valence-electron chi connectivity index (χ2n) is 7.38. The fourth-order valence-electron chi connectivity index (χ4n) is 3.83. The average Bonchev–Trinajstić information content (AvgIpc) is 3.20. The van der Waals surface area contributed by atoms with Gasteiger partial charge in [-0.1, -0.05) is 18.2 Å². The molecule has 1 aliphatic heterocycles. The van der Waals surface area contributed by atoms with Crippen molar-refractivity contribution in [3.05, 3.63) is 46.6 Å². The van der Waals surface area contributed by atoms with Gasteiger partial charge in [0.15, 0.2) is 5.13 Å². The van der Waals surface area contributed by atoms with Crippen LogP contribution in [0.4, 0.5) is 5.13 Å². The summed E-state index contributed by atoms with van der Waals surface area (Å²) in [4.78, 5) is 23.4. The van der Waals surface area contributed by atoms with Crippen LogP contribution in [0.5, 0.6) is 0 Å². The van der Waals surface area contributed by atoms with Gasteiger partial charge in [-0.2, -0.15) is 0 Å². The molecule has 1 fully saturated rings. The molecule has 3 aromatic rings. The van der Waals surface area contributed by atoms with Crippen LogP contribution in [0.25, 0.3) is 10.9 Å². The van der Waals surface area contributed by atoms with Crippen molar-refractivity contribution in [1.29, 1.82) is 0 Å². The molecule has 1 atom stereocenters. The Balaban J connectivity index is 1.47. The third-order valence-electron chi connectivity index (χ3n) is 5.64. The van der Waals surface area contributed by atoms with Gasteiger partial charge < -0.3 is 14.4 Å². The van der Waals surface area contributed by atoms with Gasteiger partial charge in [-0.3, -0.25) is 4.79 Å². The van der Waals surface area contributed by atoms with E-state index in [4.69, 9.17) is 0 Å². The van der Waals surface area contributed by atoms with E-state index in [9.17, 15) is 4.79 Å². The lowest BCUT2D eigenvalue weighted by Crippen LogP contribution is -2.49. The number of rotatable bonds is 3. The summed E-state index contributed by atoms with van der Waals surface area (Å²) in [7, 11) is 2.04. The summed E-state index contributed by atoms with van der Waals surface area (Å²) in [5.74, 6) is 0.0875. The number of carbonyl (C=O) groups excluding carboxylic acids is 1. The molecular formula is C21H26N4OS. The topological polar surface area (TPSA) is 41.4 Å². The van der Waals surface area contributed by atoms with E-state index in [1.807, 2.05) is 31.0 Å². The zero-order valence-corrected chi connectivity index (χ0v) is 17.2. The first-order chi connectivity index (χ1) is 13.0. The number of fused-ring (bicyclic) bond motifs is 1. The molecule has 6 heteroatoms. The van der Waals surface area contributed by atoms with Crippen molar-refractivity contribution < 1.29 is 4.79 Å². The number of amides is 1. The molecule has 1 amide bonds. The van der Waals surface area contributed by atoms with Crippen molar-refractivity contribution in [2.75, 3.05) is 31.1 Å². The van der Waals surface area contributed by atoms with E-state index >= 15 is 0 Å². The molecule has 3 heterocycles. The average molecular weight is 383 g/mol. The minimum atomic E-state index is -0.132. The molecule has 142 valence electrons. The summed E-state index contributed by atoms with van der Waals surface area (Å²) in [6.07, 6.45) is 2.10. The quantitative estimate of drug-likeness (QED) is 0.693. The lowest BCUT2D eigenvalue weighted by molar-refractivity contribution is -0.132. The summed E-state index contributed by atoms with van der Waals surface area (Å²) >= 11 is 1.75. The standard InChI is InChI=1S/C21H26N4OS/c1-14(18-13-23(4)19-8-6-5-7-17(18)19)20(26)24-9-11-25(12-10-24)21-22-15(2)16(3)27-21/h5-8,13-14H,9-12H2,1-4H3. The second-order valence-corrected chi connectivity index (χ2v) is 8.57. The number of thiazole rings is 1. The van der Waals surface area contributed by atoms with Gasteiger partial charge in [-0.05, 0) is 32.4 Å². The number of aromatic nitrogens is 2. The summed E-state index contributed by atoms with van der Waals surface area (Å²) in [5, 5.41) is 2.26. The van der Waals surface area contributed by atoms with Crippen LogP contribution in [-0.4, -0.2) is 46.5 Å². The van der Waals surface area contributed by atoms with Gasteiger partial charge in [0.05, 0.1) is 11.6 Å². The maximum absolute atomic E-state index is 13.1. The van der Waals surface area contributed by atoms with Gasteiger partial charge in [0.25, 0.3) is 0 Å². The number of hydrogen-bond acceptors (Lipinski definition) is 4.